The summed E-state index contributed by atoms with van der Waals surface area (Å²) in [5.74, 6) is 0. The number of nitrogens with zero attached hydrogens (tertiary/aromatic N) is 1. The van der Waals surface area contributed by atoms with Crippen LogP contribution in [0.15, 0.2) is 11.6 Å². The van der Waals surface area contributed by atoms with Crippen molar-refractivity contribution < 1.29 is 0 Å². The molecule has 0 aromatic rings. The van der Waals surface area contributed by atoms with Crippen LogP contribution >= 0.6 is 0 Å². The van der Waals surface area contributed by atoms with Crippen molar-refractivity contribution in [2.75, 3.05) is 32.7 Å². The molecule has 2 heteroatoms. The number of nitrogens with one attached hydrogen (secondary N) is 1. The molecule has 0 aromatic heterocycles. The lowest BCUT2D eigenvalue weighted by Crippen LogP contribution is -2.30. The van der Waals surface area contributed by atoms with Gasteiger partial charge in [0.2, 0.25) is 0 Å². The lowest BCUT2D eigenvalue weighted by molar-refractivity contribution is 0.338. The van der Waals surface area contributed by atoms with Crippen LogP contribution in [0.1, 0.15) is 26.7 Å². The Labute approximate surface area is 82.0 Å². The largest absolute Gasteiger partial charge is 0.312 e. The Hall–Kier alpha value is -0.340. The van der Waals surface area contributed by atoms with Crippen molar-refractivity contribution in [2.45, 2.75) is 26.7 Å². The predicted molar refractivity (Wildman–Crippen MR) is 58.0 cm³/mol. The summed E-state index contributed by atoms with van der Waals surface area (Å²) in [5, 5.41) is 3.43. The van der Waals surface area contributed by atoms with Gasteiger partial charge in [0, 0.05) is 19.6 Å². The van der Waals surface area contributed by atoms with Crippen molar-refractivity contribution in [1.82, 2.24) is 10.2 Å². The second-order valence-electron chi connectivity index (χ2n) is 4.03. The summed E-state index contributed by atoms with van der Waals surface area (Å²) in [6, 6.07) is 0. The number of hydrogen-bond acceptors (Lipinski definition) is 2. The molecule has 0 unspecified atom stereocenters. The van der Waals surface area contributed by atoms with Crippen molar-refractivity contribution in [3.05, 3.63) is 11.6 Å². The number of likely N-dealkylation sites (tertiary alicyclic amines) is 1. The Morgan fingerprint density at radius 2 is 2.00 bits per heavy atom. The third kappa shape index (κ3) is 5.06. The number of allylic oxidation sites excluding steroid dienone is 1. The second-order valence-corrected chi connectivity index (χ2v) is 4.03. The highest BCUT2D eigenvalue weighted by molar-refractivity contribution is 4.94. The van der Waals surface area contributed by atoms with Gasteiger partial charge in [0.05, 0.1) is 0 Å². The first kappa shape index (κ1) is 10.7. The zero-order chi connectivity index (χ0) is 9.52. The van der Waals surface area contributed by atoms with E-state index >= 15 is 0 Å². The molecule has 1 N–H and O–H groups in total. The molecule has 0 aliphatic carbocycles. The van der Waals surface area contributed by atoms with Crippen LogP contribution in [0.25, 0.3) is 0 Å². The fourth-order valence-corrected chi connectivity index (χ4v) is 1.62. The van der Waals surface area contributed by atoms with Gasteiger partial charge in [0.25, 0.3) is 0 Å². The standard InChI is InChI=1S/C11H22N2/c1-11(2)5-6-12-7-10-13-8-3-4-9-13/h5,12H,3-4,6-10H2,1-2H3. The highest BCUT2D eigenvalue weighted by atomic mass is 15.1. The highest BCUT2D eigenvalue weighted by Crippen LogP contribution is 2.05. The molecule has 76 valence electrons. The zero-order valence-electron chi connectivity index (χ0n) is 8.97. The van der Waals surface area contributed by atoms with Crippen LogP contribution in [0.2, 0.25) is 0 Å². The van der Waals surface area contributed by atoms with Crippen LogP contribution in [-0.4, -0.2) is 37.6 Å². The molecule has 13 heavy (non-hydrogen) atoms. The van der Waals surface area contributed by atoms with Crippen LogP contribution in [0.3, 0.4) is 0 Å². The minimum absolute atomic E-state index is 1.02. The molecule has 0 amide bonds. The van der Waals surface area contributed by atoms with Gasteiger partial charge in [0.15, 0.2) is 0 Å². The molecule has 1 saturated heterocycles. The SMILES string of the molecule is CC(C)=CCNCCN1CCCC1. The normalized spacial score (nSPS) is 17.7. The third-order valence-electron chi connectivity index (χ3n) is 2.46. The molecular formula is C11H22N2. The van der Waals surface area contributed by atoms with Gasteiger partial charge in [-0.15, -0.1) is 0 Å². The van der Waals surface area contributed by atoms with E-state index in [0.717, 1.165) is 13.1 Å². The van der Waals surface area contributed by atoms with Crippen molar-refractivity contribution in [2.24, 2.45) is 0 Å². The van der Waals surface area contributed by atoms with Crippen molar-refractivity contribution in [3.63, 3.8) is 0 Å². The molecule has 0 bridgehead atoms. The topological polar surface area (TPSA) is 15.3 Å². The maximum atomic E-state index is 3.43. The molecule has 0 spiro atoms. The van der Waals surface area contributed by atoms with Crippen molar-refractivity contribution in [1.29, 1.82) is 0 Å². The van der Waals surface area contributed by atoms with Crippen LogP contribution in [0.4, 0.5) is 0 Å². The summed E-state index contributed by atoms with van der Waals surface area (Å²) in [6.07, 6.45) is 5.03. The lowest BCUT2D eigenvalue weighted by atomic mass is 10.3. The Morgan fingerprint density at radius 3 is 2.62 bits per heavy atom. The summed E-state index contributed by atoms with van der Waals surface area (Å²) in [5.41, 5.74) is 1.40. The molecule has 1 aliphatic rings. The van der Waals surface area contributed by atoms with E-state index in [4.69, 9.17) is 0 Å². The fraction of sp³-hybridized carbons (Fsp3) is 0.818. The molecule has 1 rings (SSSR count). The van der Waals surface area contributed by atoms with Gasteiger partial charge in [-0.25, -0.2) is 0 Å². The number of hydrogen-bond donors (Lipinski definition) is 1. The molecule has 0 atom stereocenters. The first-order chi connectivity index (χ1) is 6.29. The van der Waals surface area contributed by atoms with Gasteiger partial charge < -0.3 is 10.2 Å². The molecule has 1 aliphatic heterocycles. The monoisotopic (exact) mass is 182 g/mol. The summed E-state index contributed by atoms with van der Waals surface area (Å²) >= 11 is 0. The van der Waals surface area contributed by atoms with E-state index in [-0.39, 0.29) is 0 Å². The predicted octanol–water partition coefficient (Wildman–Crippen LogP) is 1.64. The Balaban J connectivity index is 1.91. The van der Waals surface area contributed by atoms with Crippen molar-refractivity contribution in [3.8, 4) is 0 Å². The van der Waals surface area contributed by atoms with Crippen LogP contribution < -0.4 is 5.32 Å². The summed E-state index contributed by atoms with van der Waals surface area (Å²) < 4.78 is 0. The van der Waals surface area contributed by atoms with Gasteiger partial charge >= 0.3 is 0 Å². The molecule has 0 aromatic carbocycles. The van der Waals surface area contributed by atoms with Gasteiger partial charge in [-0.2, -0.15) is 0 Å². The molecular weight excluding hydrogens is 160 g/mol. The highest BCUT2D eigenvalue weighted by Gasteiger charge is 2.09. The quantitative estimate of drug-likeness (QED) is 0.513. The molecule has 0 saturated carbocycles. The number of rotatable bonds is 5. The van der Waals surface area contributed by atoms with Gasteiger partial charge in [-0.1, -0.05) is 11.6 Å². The van der Waals surface area contributed by atoms with Gasteiger partial charge in [-0.3, -0.25) is 0 Å². The molecule has 1 fully saturated rings. The maximum Gasteiger partial charge on any atom is 0.0137 e. The minimum atomic E-state index is 1.02. The van der Waals surface area contributed by atoms with Gasteiger partial charge in [0.1, 0.15) is 0 Å². The molecule has 0 radical (unpaired) electrons. The minimum Gasteiger partial charge on any atom is -0.312 e. The molecule has 1 heterocycles. The van der Waals surface area contributed by atoms with Crippen molar-refractivity contribution >= 4 is 0 Å². The lowest BCUT2D eigenvalue weighted by Gasteiger charge is -2.13. The van der Waals surface area contributed by atoms with E-state index in [9.17, 15) is 0 Å². The fourth-order valence-electron chi connectivity index (χ4n) is 1.62. The zero-order valence-corrected chi connectivity index (χ0v) is 8.97. The van der Waals surface area contributed by atoms with E-state index in [1.807, 2.05) is 0 Å². The average molecular weight is 182 g/mol. The second kappa shape index (κ2) is 6.17. The van der Waals surface area contributed by atoms with Crippen LogP contribution in [-0.2, 0) is 0 Å². The van der Waals surface area contributed by atoms with Crippen LogP contribution in [0.5, 0.6) is 0 Å². The summed E-state index contributed by atoms with van der Waals surface area (Å²) in [6.45, 7) is 10.3. The Morgan fingerprint density at radius 1 is 1.31 bits per heavy atom. The Bertz CT molecular complexity index is 153. The first-order valence-corrected chi connectivity index (χ1v) is 5.35. The Kier molecular flexibility index (Phi) is 5.09. The van der Waals surface area contributed by atoms with E-state index < -0.39 is 0 Å². The smallest absolute Gasteiger partial charge is 0.0137 e. The van der Waals surface area contributed by atoms with Crippen LogP contribution in [0, 0.1) is 0 Å². The van der Waals surface area contributed by atoms with E-state index in [2.05, 4.69) is 30.1 Å². The van der Waals surface area contributed by atoms with E-state index in [1.165, 1.54) is 38.0 Å². The average Bonchev–Trinajstić information content (AvgIpc) is 2.55. The third-order valence-corrected chi connectivity index (χ3v) is 2.46. The van der Waals surface area contributed by atoms with E-state index in [1.54, 1.807) is 0 Å². The van der Waals surface area contributed by atoms with E-state index in [0.29, 0.717) is 0 Å². The maximum absolute atomic E-state index is 3.43. The molecule has 2 nitrogen and oxygen atoms in total. The summed E-state index contributed by atoms with van der Waals surface area (Å²) in [4.78, 5) is 2.54. The first-order valence-electron chi connectivity index (χ1n) is 5.35. The summed E-state index contributed by atoms with van der Waals surface area (Å²) in [7, 11) is 0. The van der Waals surface area contributed by atoms with Gasteiger partial charge in [-0.05, 0) is 39.8 Å².